The second kappa shape index (κ2) is 9.22. The number of likely N-dealkylation sites (tertiary alicyclic amines) is 2. The molecule has 2 aromatic rings. The van der Waals surface area contributed by atoms with E-state index in [-0.39, 0.29) is 11.7 Å². The fourth-order valence-electron chi connectivity index (χ4n) is 6.21. The van der Waals surface area contributed by atoms with E-state index in [1.165, 1.54) is 24.5 Å². The van der Waals surface area contributed by atoms with Gasteiger partial charge in [0.2, 0.25) is 5.91 Å². The molecule has 2 heterocycles. The van der Waals surface area contributed by atoms with Crippen LogP contribution in [0.2, 0.25) is 0 Å². The van der Waals surface area contributed by atoms with Gasteiger partial charge in [-0.3, -0.25) is 9.69 Å². The van der Waals surface area contributed by atoms with Crippen LogP contribution in [0, 0.1) is 17.7 Å². The molecule has 32 heavy (non-hydrogen) atoms. The molecule has 1 amide bonds. The van der Waals surface area contributed by atoms with Gasteiger partial charge in [-0.15, -0.1) is 0 Å². The number of hydrogen-bond acceptors (Lipinski definition) is 3. The normalized spacial score (nSPS) is 26.3. The van der Waals surface area contributed by atoms with Gasteiger partial charge in [0.25, 0.3) is 0 Å². The third-order valence-corrected chi connectivity index (χ3v) is 7.84. The molecule has 5 heteroatoms. The maximum atomic E-state index is 13.7. The van der Waals surface area contributed by atoms with Crippen molar-refractivity contribution < 1.29 is 13.9 Å². The molecule has 3 aliphatic rings. The van der Waals surface area contributed by atoms with Gasteiger partial charge in [0.05, 0.1) is 7.11 Å². The van der Waals surface area contributed by atoms with Crippen molar-refractivity contribution in [2.24, 2.45) is 11.8 Å². The molecule has 1 aliphatic carbocycles. The standard InChI is InChI=1S/C27H33FN2O2/c1-32-23-11-9-20(10-12-23)24-18-30(27(31)21-6-2-3-7-21)26-13-14-29(17-25(24)26)16-19-5-4-8-22(28)15-19/h4-5,8-12,15,21,24-26H,2-3,6-7,13-14,16-18H2,1H3/t24-,25-,26-/m1/s1. The van der Waals surface area contributed by atoms with Gasteiger partial charge in [-0.1, -0.05) is 37.1 Å². The van der Waals surface area contributed by atoms with E-state index in [4.69, 9.17) is 4.74 Å². The zero-order valence-electron chi connectivity index (χ0n) is 18.9. The molecule has 0 aromatic heterocycles. The Labute approximate surface area is 190 Å². The molecular weight excluding hydrogens is 403 g/mol. The minimum atomic E-state index is -0.178. The van der Waals surface area contributed by atoms with Crippen LogP contribution in [0.25, 0.3) is 0 Å². The van der Waals surface area contributed by atoms with E-state index in [1.807, 2.05) is 18.2 Å². The Hall–Kier alpha value is -2.40. The lowest BCUT2D eigenvalue weighted by molar-refractivity contribution is -0.137. The molecule has 2 saturated heterocycles. The first kappa shape index (κ1) is 21.4. The maximum Gasteiger partial charge on any atom is 0.225 e. The van der Waals surface area contributed by atoms with Crippen molar-refractivity contribution in [2.45, 2.75) is 50.6 Å². The Bertz CT molecular complexity index is 941. The molecule has 3 atom stereocenters. The Morgan fingerprint density at radius 1 is 1.06 bits per heavy atom. The summed E-state index contributed by atoms with van der Waals surface area (Å²) in [5.74, 6) is 2.01. The van der Waals surface area contributed by atoms with Gasteiger partial charge in [0.15, 0.2) is 0 Å². The summed E-state index contributed by atoms with van der Waals surface area (Å²) in [6.07, 6.45) is 5.45. The second-order valence-corrected chi connectivity index (χ2v) is 9.74. The highest BCUT2D eigenvalue weighted by atomic mass is 19.1. The molecule has 0 N–H and O–H groups in total. The number of carbonyl (C=O) groups is 1. The van der Waals surface area contributed by atoms with E-state index >= 15 is 0 Å². The molecule has 1 saturated carbocycles. The molecule has 3 fully saturated rings. The summed E-state index contributed by atoms with van der Waals surface area (Å²) in [5.41, 5.74) is 2.30. The van der Waals surface area contributed by atoms with Crippen molar-refractivity contribution in [3.63, 3.8) is 0 Å². The number of amides is 1. The molecular formula is C27H33FN2O2. The lowest BCUT2D eigenvalue weighted by Crippen LogP contribution is -2.48. The Balaban J connectivity index is 1.38. The van der Waals surface area contributed by atoms with Crippen molar-refractivity contribution >= 4 is 5.91 Å². The minimum absolute atomic E-state index is 0.178. The van der Waals surface area contributed by atoms with E-state index in [9.17, 15) is 9.18 Å². The van der Waals surface area contributed by atoms with Gasteiger partial charge in [0.1, 0.15) is 11.6 Å². The molecule has 2 aromatic carbocycles. The van der Waals surface area contributed by atoms with Gasteiger partial charge >= 0.3 is 0 Å². The van der Waals surface area contributed by atoms with E-state index in [1.54, 1.807) is 19.2 Å². The summed E-state index contributed by atoms with van der Waals surface area (Å²) < 4.78 is 19.1. The van der Waals surface area contributed by atoms with Gasteiger partial charge < -0.3 is 9.64 Å². The number of piperidine rings is 1. The van der Waals surface area contributed by atoms with Crippen molar-refractivity contribution in [3.05, 3.63) is 65.5 Å². The van der Waals surface area contributed by atoms with Gasteiger partial charge in [-0.25, -0.2) is 4.39 Å². The number of fused-ring (bicyclic) bond motifs is 1. The predicted molar refractivity (Wildman–Crippen MR) is 123 cm³/mol. The maximum absolute atomic E-state index is 13.7. The lowest BCUT2D eigenvalue weighted by atomic mass is 9.81. The van der Waals surface area contributed by atoms with E-state index in [0.717, 1.165) is 56.8 Å². The van der Waals surface area contributed by atoms with Crippen LogP contribution in [0.4, 0.5) is 4.39 Å². The zero-order valence-corrected chi connectivity index (χ0v) is 18.9. The highest BCUT2D eigenvalue weighted by Gasteiger charge is 2.48. The predicted octanol–water partition coefficient (Wildman–Crippen LogP) is 4.84. The number of ether oxygens (including phenoxy) is 1. The number of nitrogens with zero attached hydrogens (tertiary/aromatic N) is 2. The van der Waals surface area contributed by atoms with Crippen LogP contribution in [0.1, 0.15) is 49.1 Å². The van der Waals surface area contributed by atoms with Crippen LogP contribution in [0.3, 0.4) is 0 Å². The van der Waals surface area contributed by atoms with Crippen molar-refractivity contribution in [1.82, 2.24) is 9.80 Å². The third kappa shape index (κ3) is 4.27. The Kier molecular flexibility index (Phi) is 6.18. The van der Waals surface area contributed by atoms with Crippen LogP contribution >= 0.6 is 0 Å². The molecule has 5 rings (SSSR count). The summed E-state index contributed by atoms with van der Waals surface area (Å²) in [7, 11) is 1.69. The largest absolute Gasteiger partial charge is 0.497 e. The van der Waals surface area contributed by atoms with E-state index in [2.05, 4.69) is 21.9 Å². The topological polar surface area (TPSA) is 32.8 Å². The van der Waals surface area contributed by atoms with E-state index < -0.39 is 0 Å². The number of carbonyl (C=O) groups excluding carboxylic acids is 1. The van der Waals surface area contributed by atoms with Crippen LogP contribution in [0.5, 0.6) is 5.75 Å². The Morgan fingerprint density at radius 3 is 2.56 bits per heavy atom. The smallest absolute Gasteiger partial charge is 0.225 e. The van der Waals surface area contributed by atoms with Gasteiger partial charge in [-0.05, 0) is 54.7 Å². The highest BCUT2D eigenvalue weighted by Crippen LogP contribution is 2.43. The highest BCUT2D eigenvalue weighted by molar-refractivity contribution is 5.80. The monoisotopic (exact) mass is 436 g/mol. The summed E-state index contributed by atoms with van der Waals surface area (Å²) in [6.45, 7) is 3.45. The molecule has 0 radical (unpaired) electrons. The first-order valence-electron chi connectivity index (χ1n) is 12.0. The lowest BCUT2D eigenvalue weighted by Gasteiger charge is -2.39. The zero-order chi connectivity index (χ0) is 22.1. The first-order valence-corrected chi connectivity index (χ1v) is 12.0. The second-order valence-electron chi connectivity index (χ2n) is 9.74. The summed E-state index contributed by atoms with van der Waals surface area (Å²) in [6, 6.07) is 15.6. The van der Waals surface area contributed by atoms with Gasteiger partial charge in [0, 0.05) is 50.0 Å². The van der Waals surface area contributed by atoms with Crippen molar-refractivity contribution in [3.8, 4) is 5.75 Å². The molecule has 170 valence electrons. The minimum Gasteiger partial charge on any atom is -0.497 e. The Morgan fingerprint density at radius 2 is 1.84 bits per heavy atom. The molecule has 0 bridgehead atoms. The summed E-state index contributed by atoms with van der Waals surface area (Å²) >= 11 is 0. The molecule has 2 aliphatic heterocycles. The SMILES string of the molecule is COc1ccc([C@H]2CN(C(=O)C3CCCC3)[C@@H]3CCN(Cc4cccc(F)c4)C[C@H]23)cc1. The fraction of sp³-hybridized carbons (Fsp3) is 0.519. The molecule has 0 spiro atoms. The van der Waals surface area contributed by atoms with Crippen LogP contribution < -0.4 is 4.74 Å². The van der Waals surface area contributed by atoms with E-state index in [0.29, 0.717) is 23.8 Å². The van der Waals surface area contributed by atoms with Crippen molar-refractivity contribution in [2.75, 3.05) is 26.7 Å². The number of hydrogen-bond donors (Lipinski definition) is 0. The summed E-state index contributed by atoms with van der Waals surface area (Å²) in [5, 5.41) is 0. The number of methoxy groups -OCH3 is 1. The van der Waals surface area contributed by atoms with Crippen molar-refractivity contribution in [1.29, 1.82) is 0 Å². The third-order valence-electron chi connectivity index (χ3n) is 7.84. The number of benzene rings is 2. The fourth-order valence-corrected chi connectivity index (χ4v) is 6.21. The van der Waals surface area contributed by atoms with Gasteiger partial charge in [-0.2, -0.15) is 0 Å². The summed E-state index contributed by atoms with van der Waals surface area (Å²) in [4.78, 5) is 18.1. The number of rotatable bonds is 5. The first-order chi connectivity index (χ1) is 15.6. The average molecular weight is 437 g/mol. The van der Waals surface area contributed by atoms with Crippen LogP contribution in [-0.2, 0) is 11.3 Å². The van der Waals surface area contributed by atoms with Crippen LogP contribution in [-0.4, -0.2) is 48.5 Å². The quantitative estimate of drug-likeness (QED) is 0.672. The molecule has 0 unspecified atom stereocenters. The number of halogens is 1. The average Bonchev–Trinajstić information content (AvgIpc) is 3.47. The van der Waals surface area contributed by atoms with Crippen LogP contribution in [0.15, 0.2) is 48.5 Å². The molecule has 4 nitrogen and oxygen atoms in total.